The Kier molecular flexibility index (Phi) is 2.46. The van der Waals surface area contributed by atoms with Gasteiger partial charge in [0, 0.05) is 18.8 Å². The number of nitrogens with zero attached hydrogens (tertiary/aromatic N) is 1. The molecule has 1 atom stereocenters. The summed E-state index contributed by atoms with van der Waals surface area (Å²) in [6.07, 6.45) is 2.86. The molecular weight excluding hydrogens is 192 g/mol. The Morgan fingerprint density at radius 3 is 2.93 bits per heavy atom. The van der Waals surface area contributed by atoms with Crippen molar-refractivity contribution in [2.24, 2.45) is 0 Å². The van der Waals surface area contributed by atoms with Crippen LogP contribution in [0.15, 0.2) is 11.8 Å². The largest absolute Gasteiger partial charge is 0.443 e. The molecule has 1 saturated heterocycles. The zero-order valence-electron chi connectivity index (χ0n) is 9.54. The molecule has 2 heterocycles. The second kappa shape index (κ2) is 3.52. The standard InChI is InChI=1S/C11H18N2O2/c1-11(2,3)15-10(14)13-8-4-5-9(13)7-12-6-8/h4,9,12H,5-7H2,1-3H3. The van der Waals surface area contributed by atoms with Crippen molar-refractivity contribution >= 4 is 6.09 Å². The van der Waals surface area contributed by atoms with Crippen molar-refractivity contribution in [1.82, 2.24) is 10.2 Å². The highest BCUT2D eigenvalue weighted by Crippen LogP contribution is 2.26. The van der Waals surface area contributed by atoms with E-state index in [0.717, 1.165) is 25.2 Å². The number of carbonyl (C=O) groups excluding carboxylic acids is 1. The van der Waals surface area contributed by atoms with Gasteiger partial charge in [-0.25, -0.2) is 4.79 Å². The lowest BCUT2D eigenvalue weighted by Gasteiger charge is -2.34. The highest BCUT2D eigenvalue weighted by atomic mass is 16.6. The summed E-state index contributed by atoms with van der Waals surface area (Å²) in [4.78, 5) is 13.7. The van der Waals surface area contributed by atoms with Gasteiger partial charge in [-0.15, -0.1) is 0 Å². The lowest BCUT2D eigenvalue weighted by atomic mass is 10.2. The van der Waals surface area contributed by atoms with E-state index in [1.54, 1.807) is 4.90 Å². The van der Waals surface area contributed by atoms with E-state index < -0.39 is 5.60 Å². The van der Waals surface area contributed by atoms with Gasteiger partial charge in [-0.1, -0.05) is 6.08 Å². The van der Waals surface area contributed by atoms with E-state index in [4.69, 9.17) is 4.74 Å². The molecule has 0 aromatic carbocycles. The lowest BCUT2D eigenvalue weighted by molar-refractivity contribution is 0.0238. The van der Waals surface area contributed by atoms with E-state index in [-0.39, 0.29) is 12.1 Å². The van der Waals surface area contributed by atoms with Gasteiger partial charge in [-0.2, -0.15) is 0 Å². The van der Waals surface area contributed by atoms with E-state index in [1.807, 2.05) is 20.8 Å². The highest BCUT2D eigenvalue weighted by molar-refractivity contribution is 5.72. The molecule has 1 unspecified atom stereocenters. The van der Waals surface area contributed by atoms with Crippen LogP contribution in [-0.4, -0.2) is 35.7 Å². The molecular formula is C11H18N2O2. The van der Waals surface area contributed by atoms with Crippen LogP contribution in [0.1, 0.15) is 27.2 Å². The molecule has 2 aliphatic heterocycles. The Labute approximate surface area is 90.3 Å². The number of amides is 1. The van der Waals surface area contributed by atoms with Gasteiger partial charge >= 0.3 is 6.09 Å². The Hall–Kier alpha value is -1.03. The molecule has 4 heteroatoms. The number of ether oxygens (including phenoxy) is 1. The topological polar surface area (TPSA) is 41.6 Å². The predicted molar refractivity (Wildman–Crippen MR) is 57.4 cm³/mol. The van der Waals surface area contributed by atoms with E-state index >= 15 is 0 Å². The number of piperazine rings is 1. The van der Waals surface area contributed by atoms with Crippen molar-refractivity contribution in [3.63, 3.8) is 0 Å². The first kappa shape index (κ1) is 10.5. The number of hydrogen-bond acceptors (Lipinski definition) is 3. The summed E-state index contributed by atoms with van der Waals surface area (Å²) in [5, 5.41) is 3.28. The van der Waals surface area contributed by atoms with Crippen LogP contribution in [-0.2, 0) is 4.74 Å². The maximum absolute atomic E-state index is 11.9. The summed E-state index contributed by atoms with van der Waals surface area (Å²) in [5.74, 6) is 0. The first-order chi connectivity index (χ1) is 6.97. The average molecular weight is 210 g/mol. The summed E-state index contributed by atoms with van der Waals surface area (Å²) in [7, 11) is 0. The molecule has 15 heavy (non-hydrogen) atoms. The third kappa shape index (κ3) is 2.15. The molecule has 0 aromatic rings. The van der Waals surface area contributed by atoms with Crippen LogP contribution in [0.5, 0.6) is 0 Å². The van der Waals surface area contributed by atoms with Crippen molar-refractivity contribution in [3.05, 3.63) is 11.8 Å². The molecule has 0 radical (unpaired) electrons. The third-order valence-electron chi connectivity index (χ3n) is 2.58. The molecule has 0 aromatic heterocycles. The second-order valence-corrected chi connectivity index (χ2v) is 5.07. The molecule has 0 saturated carbocycles. The van der Waals surface area contributed by atoms with Gasteiger partial charge in [0.1, 0.15) is 5.60 Å². The van der Waals surface area contributed by atoms with Crippen LogP contribution in [0.2, 0.25) is 0 Å². The molecule has 2 rings (SSSR count). The van der Waals surface area contributed by atoms with Crippen molar-refractivity contribution in [2.75, 3.05) is 13.1 Å². The minimum Gasteiger partial charge on any atom is -0.443 e. The Morgan fingerprint density at radius 2 is 2.33 bits per heavy atom. The van der Waals surface area contributed by atoms with E-state index in [2.05, 4.69) is 11.4 Å². The van der Waals surface area contributed by atoms with Crippen LogP contribution in [0.25, 0.3) is 0 Å². The molecule has 0 aliphatic carbocycles. The number of carbonyl (C=O) groups is 1. The normalized spacial score (nSPS) is 25.1. The molecule has 1 amide bonds. The summed E-state index contributed by atoms with van der Waals surface area (Å²) < 4.78 is 5.38. The van der Waals surface area contributed by atoms with Gasteiger partial charge in [-0.3, -0.25) is 4.90 Å². The monoisotopic (exact) mass is 210 g/mol. The van der Waals surface area contributed by atoms with Gasteiger partial charge in [0.15, 0.2) is 0 Å². The predicted octanol–water partition coefficient (Wildman–Crippen LogP) is 1.48. The van der Waals surface area contributed by atoms with Crippen molar-refractivity contribution in [1.29, 1.82) is 0 Å². The number of rotatable bonds is 0. The molecule has 2 bridgehead atoms. The summed E-state index contributed by atoms with van der Waals surface area (Å²) in [6.45, 7) is 7.31. The van der Waals surface area contributed by atoms with Gasteiger partial charge in [-0.05, 0) is 27.2 Å². The third-order valence-corrected chi connectivity index (χ3v) is 2.58. The van der Waals surface area contributed by atoms with Crippen LogP contribution in [0, 0.1) is 0 Å². The fraction of sp³-hybridized carbons (Fsp3) is 0.727. The molecule has 2 aliphatic rings. The Morgan fingerprint density at radius 1 is 1.60 bits per heavy atom. The maximum Gasteiger partial charge on any atom is 0.414 e. The van der Waals surface area contributed by atoms with Crippen LogP contribution in [0.4, 0.5) is 4.79 Å². The fourth-order valence-electron chi connectivity index (χ4n) is 1.99. The van der Waals surface area contributed by atoms with Crippen LogP contribution < -0.4 is 5.32 Å². The van der Waals surface area contributed by atoms with E-state index in [1.165, 1.54) is 0 Å². The Balaban J connectivity index is 2.05. The minimum atomic E-state index is -0.415. The molecule has 0 spiro atoms. The van der Waals surface area contributed by atoms with Crippen molar-refractivity contribution in [3.8, 4) is 0 Å². The van der Waals surface area contributed by atoms with Gasteiger partial charge in [0.25, 0.3) is 0 Å². The molecule has 1 fully saturated rings. The lowest BCUT2D eigenvalue weighted by Crippen LogP contribution is -2.50. The zero-order valence-corrected chi connectivity index (χ0v) is 9.54. The minimum absolute atomic E-state index is 0.210. The van der Waals surface area contributed by atoms with Crippen LogP contribution >= 0.6 is 0 Å². The maximum atomic E-state index is 11.9. The zero-order chi connectivity index (χ0) is 11.1. The quantitative estimate of drug-likeness (QED) is 0.658. The smallest absolute Gasteiger partial charge is 0.414 e. The molecule has 4 nitrogen and oxygen atoms in total. The first-order valence-corrected chi connectivity index (χ1v) is 5.39. The molecule has 84 valence electrons. The summed E-state index contributed by atoms with van der Waals surface area (Å²) >= 11 is 0. The second-order valence-electron chi connectivity index (χ2n) is 5.07. The number of nitrogens with one attached hydrogen (secondary N) is 1. The Bertz CT molecular complexity index is 304. The van der Waals surface area contributed by atoms with Gasteiger partial charge in [0.2, 0.25) is 0 Å². The van der Waals surface area contributed by atoms with Crippen LogP contribution in [0.3, 0.4) is 0 Å². The van der Waals surface area contributed by atoms with Crippen molar-refractivity contribution in [2.45, 2.75) is 38.8 Å². The van der Waals surface area contributed by atoms with E-state index in [0.29, 0.717) is 0 Å². The summed E-state index contributed by atoms with van der Waals surface area (Å²) in [6, 6.07) is 0.253. The fourth-order valence-corrected chi connectivity index (χ4v) is 1.99. The number of hydrogen-bond donors (Lipinski definition) is 1. The SMILES string of the molecule is CC(C)(C)OC(=O)N1C2=CCC1CNC2. The highest BCUT2D eigenvalue weighted by Gasteiger charge is 2.36. The molecule has 1 N–H and O–H groups in total. The first-order valence-electron chi connectivity index (χ1n) is 5.39. The van der Waals surface area contributed by atoms with E-state index in [9.17, 15) is 4.79 Å². The van der Waals surface area contributed by atoms with Gasteiger partial charge in [0.05, 0.1) is 6.04 Å². The number of fused-ring (bicyclic) bond motifs is 2. The van der Waals surface area contributed by atoms with Crippen molar-refractivity contribution < 1.29 is 9.53 Å². The summed E-state index contributed by atoms with van der Waals surface area (Å²) in [5.41, 5.74) is 0.641. The van der Waals surface area contributed by atoms with Gasteiger partial charge < -0.3 is 10.1 Å². The average Bonchev–Trinajstić information content (AvgIpc) is 2.34.